The Kier molecular flexibility index (Phi) is 50.7. The maximum Gasteiger partial charge on any atom is 0.189 e. The van der Waals surface area contributed by atoms with E-state index in [0.717, 1.165) is 21.5 Å². The first-order valence-corrected chi connectivity index (χ1v) is 14.8. The van der Waals surface area contributed by atoms with Crippen LogP contribution in [-0.2, 0) is 118 Å². The van der Waals surface area contributed by atoms with Crippen LogP contribution in [0.1, 0.15) is 26.4 Å². The molecule has 0 saturated heterocycles. The van der Waals surface area contributed by atoms with E-state index in [9.17, 15) is 0 Å². The van der Waals surface area contributed by atoms with E-state index < -0.39 is 0 Å². The third kappa shape index (κ3) is 35.6. The zero-order valence-electron chi connectivity index (χ0n) is 23.1. The summed E-state index contributed by atoms with van der Waals surface area (Å²) >= 11 is 8.98. The molecule has 8 nitrogen and oxygen atoms in total. The minimum atomic E-state index is 0. The van der Waals surface area contributed by atoms with Crippen LogP contribution in [-0.4, -0.2) is 34.3 Å². The maximum absolute atomic E-state index is 3.88. The Morgan fingerprint density at radius 3 is 1.64 bits per heavy atom. The molecular weight excluding hydrogens is 874 g/mol. The van der Waals surface area contributed by atoms with E-state index in [0.29, 0.717) is 0 Å². The predicted octanol–water partition coefficient (Wildman–Crippen LogP) is 5.41. The Hall–Kier alpha value is 1.15. The van der Waals surface area contributed by atoms with Crippen LogP contribution in [0.4, 0.5) is 0 Å². The van der Waals surface area contributed by atoms with Gasteiger partial charge >= 0.3 is 0 Å². The van der Waals surface area contributed by atoms with Crippen molar-refractivity contribution in [3.8, 4) is 0 Å². The molecule has 0 unspecified atom stereocenters. The van der Waals surface area contributed by atoms with Crippen LogP contribution in [0.5, 0.6) is 0 Å². The van der Waals surface area contributed by atoms with Crippen LogP contribution in [0.3, 0.4) is 0 Å². The van der Waals surface area contributed by atoms with Gasteiger partial charge < -0.3 is 47.6 Å². The molecule has 0 aliphatic heterocycles. The molecule has 0 N–H and O–H groups in total. The second-order valence-electron chi connectivity index (χ2n) is 5.97. The summed E-state index contributed by atoms with van der Waals surface area (Å²) in [5.74, 6) is 0.806. The predicted molar refractivity (Wildman–Crippen MR) is 148 cm³/mol. The summed E-state index contributed by atoms with van der Waals surface area (Å²) < 4.78 is 5.60. The molecule has 6 rings (SSSR count). The second kappa shape index (κ2) is 38.3. The van der Waals surface area contributed by atoms with E-state index >= 15 is 0 Å². The molecule has 6 radical (unpaired) electrons. The van der Waals surface area contributed by atoms with Crippen LogP contribution >= 0.6 is 68.4 Å². The van der Waals surface area contributed by atoms with Gasteiger partial charge in [-0.15, -0.1) is 17.3 Å². The van der Waals surface area contributed by atoms with E-state index in [-0.39, 0.29) is 111 Å². The largest absolute Gasteiger partial charge is 0.446 e. The number of aryl methyl sites for hydroxylation is 6. The zero-order valence-corrected chi connectivity index (χ0v) is 36.4. The molecule has 6 aromatic heterocycles. The molecule has 0 aliphatic carbocycles. The molecule has 0 atom stereocenters. The Labute approximate surface area is 344 Å². The van der Waals surface area contributed by atoms with Crippen LogP contribution in [0.2, 0.25) is 0 Å². The van der Waals surface area contributed by atoms with Gasteiger partial charge in [-0.05, 0) is 29.8 Å². The summed E-state index contributed by atoms with van der Waals surface area (Å²) in [6, 6.07) is 0. The Bertz CT molecular complexity index is 945. The third-order valence-corrected chi connectivity index (χ3v) is 6.56. The van der Waals surface area contributed by atoms with Crippen molar-refractivity contribution >= 4 is 68.4 Å². The van der Waals surface area contributed by atoms with Gasteiger partial charge in [-0.1, -0.05) is 66.0 Å². The summed E-state index contributed by atoms with van der Waals surface area (Å²) in [6.07, 6.45) is 8.86. The topological polar surface area (TPSA) is 94.1 Å². The molecule has 0 saturated carbocycles. The molecule has 0 amide bonds. The average Bonchev–Trinajstić information content (AvgIpc) is 3.67. The van der Waals surface area contributed by atoms with Crippen molar-refractivity contribution in [1.82, 2.24) is 34.3 Å². The summed E-state index contributed by atoms with van der Waals surface area (Å²) in [5.41, 5.74) is 9.83. The monoisotopic (exact) mass is 897 g/mol. The fraction of sp³-hybridized carbons (Fsp3) is 0.273. The van der Waals surface area contributed by atoms with Gasteiger partial charge in [-0.2, -0.15) is 22.3 Å². The normalized spacial score (nSPS) is 7.57. The van der Waals surface area contributed by atoms with Crippen LogP contribution < -0.4 is 3.96 Å². The maximum atomic E-state index is 3.88. The summed E-state index contributed by atoms with van der Waals surface area (Å²) in [4.78, 5) is 23.9. The SMILES string of the molecule is C[n+]1[c-]ncs1.Cc1[c-]scn1.Cc1cn[c-]s1.Cc1n[c-]cs1.Cc1n[c-]sn1.Cc1nc[c-]s1.[V].[V].[V].[V].[V].[V]. The molecular formula is C22H23N8S6V6-5. The van der Waals surface area contributed by atoms with E-state index in [1.165, 1.54) is 39.3 Å². The molecule has 0 fully saturated rings. The second-order valence-corrected chi connectivity index (χ2v) is 11.3. The van der Waals surface area contributed by atoms with Crippen LogP contribution in [0.25, 0.3) is 0 Å². The fourth-order valence-corrected chi connectivity index (χ4v) is 3.73. The van der Waals surface area contributed by atoms with E-state index in [4.69, 9.17) is 0 Å². The number of thiazole rings is 4. The summed E-state index contributed by atoms with van der Waals surface area (Å²) in [6.45, 7) is 9.69. The minimum Gasteiger partial charge on any atom is -0.446 e. The molecule has 42 heavy (non-hydrogen) atoms. The Morgan fingerprint density at radius 2 is 1.50 bits per heavy atom. The van der Waals surface area contributed by atoms with E-state index in [1.54, 1.807) is 61.4 Å². The van der Waals surface area contributed by atoms with Crippen molar-refractivity contribution < 1.29 is 115 Å². The molecule has 6 heterocycles. The first kappa shape index (κ1) is 55.5. The molecule has 0 spiro atoms. The number of nitrogens with zero attached hydrogens (tertiary/aromatic N) is 8. The van der Waals surface area contributed by atoms with Crippen molar-refractivity contribution in [3.05, 3.63) is 89.5 Å². The Morgan fingerprint density at radius 1 is 0.786 bits per heavy atom. The van der Waals surface area contributed by atoms with Crippen LogP contribution in [0.15, 0.2) is 28.8 Å². The van der Waals surface area contributed by atoms with Gasteiger partial charge in [-0.3, -0.25) is 19.7 Å². The van der Waals surface area contributed by atoms with Crippen molar-refractivity contribution in [2.45, 2.75) is 34.6 Å². The standard InChI is InChI=1S/4C4H4NS.C3H4N2S.C3H3N2S.6V/c1-4-2-6-3-5-4;1-4-2-5-3-6-4;2*1-4-5-2-3-6-4;1-5-2-4-3-6-5;1-3-4-2-6-5-3;;;;;;/h3H,1H3;2H,1H3;3H,1H3;2H,1H3;3H,1H3;1H3;;;;;;/q4*-1;;-1;;;;;;. The van der Waals surface area contributed by atoms with Gasteiger partial charge in [0, 0.05) is 111 Å². The number of rotatable bonds is 0. The van der Waals surface area contributed by atoms with Crippen molar-refractivity contribution in [3.63, 3.8) is 0 Å². The molecule has 20 heteroatoms. The molecule has 0 aromatic carbocycles. The summed E-state index contributed by atoms with van der Waals surface area (Å²) in [7, 11) is 1.90. The van der Waals surface area contributed by atoms with Crippen LogP contribution in [0, 0.1) is 68.9 Å². The van der Waals surface area contributed by atoms with Crippen molar-refractivity contribution in [2.24, 2.45) is 7.05 Å². The van der Waals surface area contributed by atoms with Gasteiger partial charge in [0.05, 0.1) is 12.6 Å². The Balaban J connectivity index is -0.0000000900. The summed E-state index contributed by atoms with van der Waals surface area (Å²) in [5, 5.41) is 9.79. The molecule has 6 aromatic rings. The fourth-order valence-electron chi connectivity index (χ4n) is 1.41. The third-order valence-electron chi connectivity index (χ3n) is 2.90. The molecule has 222 valence electrons. The van der Waals surface area contributed by atoms with Gasteiger partial charge in [0.15, 0.2) is 6.33 Å². The quantitative estimate of drug-likeness (QED) is 0.149. The van der Waals surface area contributed by atoms with Gasteiger partial charge in [-0.25, -0.2) is 16.3 Å². The van der Waals surface area contributed by atoms with E-state index in [2.05, 4.69) is 68.6 Å². The van der Waals surface area contributed by atoms with E-state index in [1.807, 2.05) is 47.0 Å². The first-order chi connectivity index (χ1) is 17.4. The number of hydrogen-bond acceptors (Lipinski definition) is 13. The van der Waals surface area contributed by atoms with Gasteiger partial charge in [0.2, 0.25) is 0 Å². The average molecular weight is 898 g/mol. The first-order valence-electron chi connectivity index (χ1n) is 9.83. The molecule has 0 bridgehead atoms. The number of hydrogen-bond donors (Lipinski definition) is 0. The number of aromatic nitrogens is 8. The van der Waals surface area contributed by atoms with Gasteiger partial charge in [0.1, 0.15) is 0 Å². The zero-order chi connectivity index (χ0) is 26.4. The van der Waals surface area contributed by atoms with Crippen molar-refractivity contribution in [2.75, 3.05) is 0 Å². The minimum absolute atomic E-state index is 0. The smallest absolute Gasteiger partial charge is 0.189 e. The van der Waals surface area contributed by atoms with Gasteiger partial charge in [0.25, 0.3) is 0 Å². The molecule has 0 aliphatic rings. The van der Waals surface area contributed by atoms with Crippen molar-refractivity contribution in [1.29, 1.82) is 0 Å².